The zero-order chi connectivity index (χ0) is 32.5. The van der Waals surface area contributed by atoms with Crippen molar-refractivity contribution in [1.29, 1.82) is 0 Å². The van der Waals surface area contributed by atoms with Crippen molar-refractivity contribution in [2.45, 2.75) is 19.4 Å². The molecule has 2 atom stereocenters. The Balaban J connectivity index is 1.62. The normalized spacial score (nSPS) is 16.7. The summed E-state index contributed by atoms with van der Waals surface area (Å²) >= 11 is 1.46. The number of furan rings is 1. The molecule has 3 aromatic carbocycles. The Morgan fingerprint density at radius 2 is 1.82 bits per heavy atom. The van der Waals surface area contributed by atoms with Gasteiger partial charge in [0.25, 0.3) is 11.8 Å². The molecule has 11 heteroatoms. The molecule has 1 aromatic heterocycles. The highest BCUT2D eigenvalue weighted by atomic mass is 32.2. The number of nitrogen functional groups attached to an aromatic ring is 1. The van der Waals surface area contributed by atoms with Crippen LogP contribution in [-0.2, 0) is 0 Å². The summed E-state index contributed by atoms with van der Waals surface area (Å²) in [5.41, 5.74) is 9.38. The van der Waals surface area contributed by atoms with Gasteiger partial charge in [0, 0.05) is 54.0 Å². The van der Waals surface area contributed by atoms with E-state index in [-0.39, 0.29) is 35.2 Å². The van der Waals surface area contributed by atoms with Crippen LogP contribution in [0.15, 0.2) is 83.1 Å². The standard InChI is InChI=1S/C34H34F2N4O4S/c1-34(13-11-22(36)12-14-34)29(18-41)39-32(42)24-15-20(7-10-26(24)37)23-16-25-28(17-27(23)40(3)45-4)44-31(30(25)33(43)38-2)19-5-8-21(35)9-6-19/h5-13,15-17,29,41H,14,18,37H2,1-4H3,(H,38,43)(H,39,42)/t29-,34?/m1/s1. The molecule has 2 amide bonds. The van der Waals surface area contributed by atoms with E-state index in [1.807, 2.05) is 36.7 Å². The van der Waals surface area contributed by atoms with E-state index < -0.39 is 23.2 Å². The number of benzene rings is 3. The lowest BCUT2D eigenvalue weighted by atomic mass is 9.77. The molecule has 5 N–H and O–H groups in total. The highest BCUT2D eigenvalue weighted by Crippen LogP contribution is 2.42. The third-order valence-electron chi connectivity index (χ3n) is 8.23. The largest absolute Gasteiger partial charge is 0.455 e. The number of carbonyl (C=O) groups excluding carboxylic acids is 2. The summed E-state index contributed by atoms with van der Waals surface area (Å²) < 4.78 is 35.5. The number of halogens is 2. The highest BCUT2D eigenvalue weighted by molar-refractivity contribution is 7.99. The minimum absolute atomic E-state index is 0.194. The predicted octanol–water partition coefficient (Wildman–Crippen LogP) is 6.47. The molecular weight excluding hydrogens is 598 g/mol. The van der Waals surface area contributed by atoms with Crippen LogP contribution in [0.2, 0.25) is 0 Å². The number of fused-ring (bicyclic) bond motifs is 1. The lowest BCUT2D eigenvalue weighted by molar-refractivity contribution is 0.0857. The Morgan fingerprint density at radius 1 is 1.11 bits per heavy atom. The maximum absolute atomic E-state index is 13.7. The molecule has 1 unspecified atom stereocenters. The lowest BCUT2D eigenvalue weighted by Crippen LogP contribution is -2.48. The molecule has 1 heterocycles. The molecule has 234 valence electrons. The van der Waals surface area contributed by atoms with Gasteiger partial charge in [-0.05, 0) is 66.6 Å². The topological polar surface area (TPSA) is 121 Å². The molecule has 5 rings (SSSR count). The van der Waals surface area contributed by atoms with E-state index in [2.05, 4.69) is 10.6 Å². The summed E-state index contributed by atoms with van der Waals surface area (Å²) in [4.78, 5) is 26.8. The first kappa shape index (κ1) is 31.8. The molecule has 0 radical (unpaired) electrons. The third kappa shape index (κ3) is 6.18. The van der Waals surface area contributed by atoms with Crippen molar-refractivity contribution in [2.24, 2.45) is 5.41 Å². The van der Waals surface area contributed by atoms with Crippen LogP contribution in [0.1, 0.15) is 34.1 Å². The van der Waals surface area contributed by atoms with Gasteiger partial charge in [-0.2, -0.15) is 0 Å². The number of aliphatic hydroxyl groups is 1. The van der Waals surface area contributed by atoms with E-state index in [4.69, 9.17) is 10.2 Å². The Kier molecular flexibility index (Phi) is 9.03. The second-order valence-electron chi connectivity index (χ2n) is 11.1. The molecule has 8 nitrogen and oxygen atoms in total. The van der Waals surface area contributed by atoms with Crippen LogP contribution in [0, 0.1) is 11.2 Å². The van der Waals surface area contributed by atoms with E-state index in [0.29, 0.717) is 39.8 Å². The van der Waals surface area contributed by atoms with Crippen molar-refractivity contribution >= 4 is 46.1 Å². The summed E-state index contributed by atoms with van der Waals surface area (Å²) in [5.74, 6) is -1.35. The number of carbonyl (C=O) groups is 2. The van der Waals surface area contributed by atoms with Crippen molar-refractivity contribution in [3.63, 3.8) is 0 Å². The fourth-order valence-electron chi connectivity index (χ4n) is 5.43. The van der Waals surface area contributed by atoms with Gasteiger partial charge < -0.3 is 30.2 Å². The number of aliphatic hydroxyl groups excluding tert-OH is 1. The molecule has 0 saturated carbocycles. The summed E-state index contributed by atoms with van der Waals surface area (Å²) in [6, 6.07) is 13.7. The van der Waals surface area contributed by atoms with Gasteiger partial charge in [-0.25, -0.2) is 8.78 Å². The Hall–Kier alpha value is -4.61. The average molecular weight is 633 g/mol. The number of allylic oxidation sites excluding steroid dienone is 3. The predicted molar refractivity (Wildman–Crippen MR) is 176 cm³/mol. The second-order valence-corrected chi connectivity index (χ2v) is 12.0. The smallest absolute Gasteiger partial charge is 0.255 e. The van der Waals surface area contributed by atoms with Gasteiger partial charge in [-0.15, -0.1) is 0 Å². The quantitative estimate of drug-likeness (QED) is 0.123. The van der Waals surface area contributed by atoms with Crippen molar-refractivity contribution in [3.8, 4) is 22.5 Å². The summed E-state index contributed by atoms with van der Waals surface area (Å²) in [7, 11) is 3.40. The van der Waals surface area contributed by atoms with Crippen molar-refractivity contribution in [3.05, 3.63) is 95.6 Å². The zero-order valence-electron chi connectivity index (χ0n) is 25.3. The first-order valence-electron chi connectivity index (χ1n) is 14.2. The Bertz CT molecular complexity index is 1840. The average Bonchev–Trinajstić information content (AvgIpc) is 3.42. The van der Waals surface area contributed by atoms with Gasteiger partial charge >= 0.3 is 0 Å². The summed E-state index contributed by atoms with van der Waals surface area (Å²) in [5, 5.41) is 16.2. The molecule has 0 bridgehead atoms. The molecule has 0 aliphatic heterocycles. The number of nitrogens with one attached hydrogen (secondary N) is 2. The maximum atomic E-state index is 13.7. The van der Waals surface area contributed by atoms with Crippen LogP contribution in [0.25, 0.3) is 33.4 Å². The van der Waals surface area contributed by atoms with Crippen LogP contribution in [0.4, 0.5) is 20.2 Å². The molecule has 0 saturated heterocycles. The molecule has 1 aliphatic rings. The monoisotopic (exact) mass is 632 g/mol. The van der Waals surface area contributed by atoms with Gasteiger partial charge in [0.15, 0.2) is 0 Å². The molecule has 0 spiro atoms. The number of hydrogen-bond donors (Lipinski definition) is 4. The first-order chi connectivity index (χ1) is 21.5. The fraction of sp³-hybridized carbons (Fsp3) is 0.235. The number of rotatable bonds is 9. The highest BCUT2D eigenvalue weighted by Gasteiger charge is 2.34. The maximum Gasteiger partial charge on any atom is 0.255 e. The van der Waals surface area contributed by atoms with Crippen LogP contribution in [0.5, 0.6) is 0 Å². The molecule has 1 aliphatic carbocycles. The van der Waals surface area contributed by atoms with Gasteiger partial charge in [0.2, 0.25) is 0 Å². The summed E-state index contributed by atoms with van der Waals surface area (Å²) in [6.45, 7) is 1.47. The van der Waals surface area contributed by atoms with Crippen LogP contribution >= 0.6 is 11.9 Å². The number of nitrogens with two attached hydrogens (primary N) is 1. The van der Waals surface area contributed by atoms with E-state index in [0.717, 1.165) is 5.69 Å². The van der Waals surface area contributed by atoms with Crippen LogP contribution in [0.3, 0.4) is 0 Å². The van der Waals surface area contributed by atoms with E-state index in [9.17, 15) is 23.5 Å². The number of nitrogens with zero attached hydrogens (tertiary/aromatic N) is 1. The minimum atomic E-state index is -0.703. The minimum Gasteiger partial charge on any atom is -0.455 e. The van der Waals surface area contributed by atoms with Crippen LogP contribution in [-0.4, -0.2) is 49.9 Å². The molecule has 4 aromatic rings. The zero-order valence-corrected chi connectivity index (χ0v) is 26.1. The fourth-order valence-corrected chi connectivity index (χ4v) is 5.78. The van der Waals surface area contributed by atoms with E-state index >= 15 is 0 Å². The molecule has 45 heavy (non-hydrogen) atoms. The SMILES string of the molecule is CNC(=O)c1c(-c2ccc(F)cc2)oc2cc(N(C)SC)c(-c3ccc(N)c(C(=O)N[C@H](CO)C4(C)C=CC(F)=CC4)c3)cc12. The second kappa shape index (κ2) is 12.8. The molecular formula is C34H34F2N4O4S. The van der Waals surface area contributed by atoms with Crippen molar-refractivity contribution in [2.75, 3.05) is 37.0 Å². The van der Waals surface area contributed by atoms with Crippen molar-refractivity contribution < 1.29 is 27.9 Å². The third-order valence-corrected chi connectivity index (χ3v) is 8.98. The van der Waals surface area contributed by atoms with E-state index in [1.54, 1.807) is 36.4 Å². The van der Waals surface area contributed by atoms with Gasteiger partial charge in [0.05, 0.1) is 29.5 Å². The first-order valence-corrected chi connectivity index (χ1v) is 15.4. The number of amides is 2. The Morgan fingerprint density at radius 3 is 2.44 bits per heavy atom. The van der Waals surface area contributed by atoms with Gasteiger partial charge in [-0.3, -0.25) is 9.59 Å². The lowest BCUT2D eigenvalue weighted by Gasteiger charge is -2.35. The number of hydrogen-bond acceptors (Lipinski definition) is 7. The van der Waals surface area contributed by atoms with Crippen LogP contribution < -0.4 is 20.7 Å². The van der Waals surface area contributed by atoms with Gasteiger partial charge in [-0.1, -0.05) is 31.0 Å². The van der Waals surface area contributed by atoms with Gasteiger partial charge in [0.1, 0.15) is 23.0 Å². The number of anilines is 2. The van der Waals surface area contributed by atoms with E-state index in [1.165, 1.54) is 43.3 Å². The van der Waals surface area contributed by atoms with Crippen molar-refractivity contribution in [1.82, 2.24) is 10.6 Å². The summed E-state index contributed by atoms with van der Waals surface area (Å²) in [6.07, 6.45) is 6.62. The molecule has 0 fully saturated rings. The Labute approximate surface area is 264 Å².